The number of aromatic nitrogens is 3. The molecule has 0 bridgehead atoms. The quantitative estimate of drug-likeness (QED) is 0.666. The van der Waals surface area contributed by atoms with Crippen LogP contribution in [0.15, 0.2) is 42.5 Å². The van der Waals surface area contributed by atoms with E-state index in [0.717, 1.165) is 0 Å². The van der Waals surface area contributed by atoms with Crippen molar-refractivity contribution in [3.8, 4) is 5.75 Å². The van der Waals surface area contributed by atoms with Gasteiger partial charge < -0.3 is 15.4 Å². The molecule has 2 amide bonds. The number of aryl methyl sites for hydroxylation is 1. The van der Waals surface area contributed by atoms with E-state index in [-0.39, 0.29) is 12.2 Å². The van der Waals surface area contributed by atoms with E-state index in [0.29, 0.717) is 28.4 Å². The molecule has 0 saturated heterocycles. The summed E-state index contributed by atoms with van der Waals surface area (Å²) in [6, 6.07) is 11.3. The Hall–Kier alpha value is -3.75. The number of anilines is 2. The predicted molar refractivity (Wildman–Crippen MR) is 105 cm³/mol. The van der Waals surface area contributed by atoms with Crippen LogP contribution in [0.1, 0.15) is 21.7 Å². The molecular formula is C20H20FN5O3. The Kier molecular flexibility index (Phi) is 5.87. The molecule has 0 saturated carbocycles. The Labute approximate surface area is 166 Å². The number of hydrogen-bond acceptors (Lipinski definition) is 5. The van der Waals surface area contributed by atoms with Gasteiger partial charge in [0.15, 0.2) is 5.69 Å². The first-order valence-corrected chi connectivity index (χ1v) is 8.79. The fraction of sp³-hybridized carbons (Fsp3) is 0.200. The molecule has 0 radical (unpaired) electrons. The van der Waals surface area contributed by atoms with Gasteiger partial charge in [-0.15, -0.1) is 5.10 Å². The molecular weight excluding hydrogens is 377 g/mol. The van der Waals surface area contributed by atoms with Crippen LogP contribution in [0.5, 0.6) is 5.75 Å². The Morgan fingerprint density at radius 2 is 1.76 bits per heavy atom. The van der Waals surface area contributed by atoms with Crippen molar-refractivity contribution >= 4 is 23.2 Å². The summed E-state index contributed by atoms with van der Waals surface area (Å²) in [5.41, 5.74) is 1.94. The molecule has 0 unspecified atom stereocenters. The predicted octanol–water partition coefficient (Wildman–Crippen LogP) is 2.93. The van der Waals surface area contributed by atoms with E-state index in [1.54, 1.807) is 57.4 Å². The molecule has 29 heavy (non-hydrogen) atoms. The van der Waals surface area contributed by atoms with Crippen LogP contribution in [0, 0.1) is 19.7 Å². The van der Waals surface area contributed by atoms with E-state index in [2.05, 4.69) is 20.9 Å². The summed E-state index contributed by atoms with van der Waals surface area (Å²) in [5, 5.41) is 13.0. The molecule has 0 aliphatic carbocycles. The van der Waals surface area contributed by atoms with Gasteiger partial charge in [-0.05, 0) is 55.8 Å². The second-order valence-electron chi connectivity index (χ2n) is 6.38. The largest absolute Gasteiger partial charge is 0.497 e. The lowest BCUT2D eigenvalue weighted by molar-refractivity contribution is -0.117. The van der Waals surface area contributed by atoms with Crippen LogP contribution in [-0.4, -0.2) is 33.9 Å². The Bertz CT molecular complexity index is 1050. The Morgan fingerprint density at radius 1 is 1.07 bits per heavy atom. The molecule has 9 heteroatoms. The summed E-state index contributed by atoms with van der Waals surface area (Å²) in [6.45, 7) is 3.12. The number of halogens is 1. The summed E-state index contributed by atoms with van der Waals surface area (Å²) in [4.78, 5) is 24.7. The van der Waals surface area contributed by atoms with Gasteiger partial charge in [-0.2, -0.15) is 0 Å². The third-order valence-corrected chi connectivity index (χ3v) is 4.29. The third kappa shape index (κ3) is 4.75. The molecule has 0 aliphatic heterocycles. The number of carbonyl (C=O) groups is 2. The van der Waals surface area contributed by atoms with Crippen molar-refractivity contribution in [1.29, 1.82) is 0 Å². The van der Waals surface area contributed by atoms with E-state index in [9.17, 15) is 14.0 Å². The van der Waals surface area contributed by atoms with Crippen LogP contribution in [0.4, 0.5) is 15.8 Å². The lowest BCUT2D eigenvalue weighted by Crippen LogP contribution is -2.21. The highest BCUT2D eigenvalue weighted by molar-refractivity contribution is 6.03. The smallest absolute Gasteiger partial charge is 0.278 e. The zero-order valence-electron chi connectivity index (χ0n) is 16.2. The molecule has 8 nitrogen and oxygen atoms in total. The number of hydrogen-bond donors (Lipinski definition) is 2. The Balaban J connectivity index is 1.65. The molecule has 0 atom stereocenters. The van der Waals surface area contributed by atoms with Crippen molar-refractivity contribution in [1.82, 2.24) is 15.0 Å². The van der Waals surface area contributed by atoms with Crippen molar-refractivity contribution in [2.24, 2.45) is 0 Å². The van der Waals surface area contributed by atoms with Gasteiger partial charge in [-0.3, -0.25) is 9.59 Å². The summed E-state index contributed by atoms with van der Waals surface area (Å²) < 4.78 is 20.0. The molecule has 2 aromatic carbocycles. The maximum Gasteiger partial charge on any atom is 0.278 e. The van der Waals surface area contributed by atoms with Crippen molar-refractivity contribution in [2.45, 2.75) is 20.4 Å². The second-order valence-corrected chi connectivity index (χ2v) is 6.38. The summed E-state index contributed by atoms with van der Waals surface area (Å²) in [6.07, 6.45) is 0. The first kappa shape index (κ1) is 20.0. The first-order chi connectivity index (χ1) is 13.9. The molecule has 3 rings (SSSR count). The number of amides is 2. The zero-order chi connectivity index (χ0) is 21.0. The Morgan fingerprint density at radius 3 is 2.41 bits per heavy atom. The lowest BCUT2D eigenvalue weighted by Gasteiger charge is -2.08. The molecule has 0 aliphatic rings. The monoisotopic (exact) mass is 397 g/mol. The molecule has 0 spiro atoms. The molecule has 2 N–H and O–H groups in total. The van der Waals surface area contributed by atoms with Gasteiger partial charge in [0, 0.05) is 11.4 Å². The average molecular weight is 397 g/mol. The van der Waals surface area contributed by atoms with E-state index in [4.69, 9.17) is 4.74 Å². The van der Waals surface area contributed by atoms with Crippen LogP contribution in [0.25, 0.3) is 0 Å². The van der Waals surface area contributed by atoms with Crippen LogP contribution in [0.3, 0.4) is 0 Å². The molecule has 150 valence electrons. The van der Waals surface area contributed by atoms with Crippen molar-refractivity contribution in [2.75, 3.05) is 17.7 Å². The van der Waals surface area contributed by atoms with Gasteiger partial charge in [-0.25, -0.2) is 9.07 Å². The number of benzene rings is 2. The minimum Gasteiger partial charge on any atom is -0.497 e. The van der Waals surface area contributed by atoms with Gasteiger partial charge in [0.05, 0.1) is 12.8 Å². The third-order valence-electron chi connectivity index (χ3n) is 4.29. The van der Waals surface area contributed by atoms with Gasteiger partial charge in [-0.1, -0.05) is 11.3 Å². The van der Waals surface area contributed by atoms with E-state index in [1.807, 2.05) is 0 Å². The zero-order valence-corrected chi connectivity index (χ0v) is 16.2. The SMILES string of the molecule is COc1ccc(NC(=O)c2nnn(CC(=O)Nc3ccc(C)c(F)c3)c2C)cc1. The van der Waals surface area contributed by atoms with Gasteiger partial charge in [0.25, 0.3) is 5.91 Å². The number of ether oxygens (including phenoxy) is 1. The number of carbonyl (C=O) groups excluding carboxylic acids is 2. The molecule has 3 aromatic rings. The van der Waals surface area contributed by atoms with E-state index in [1.165, 1.54) is 10.7 Å². The van der Waals surface area contributed by atoms with Gasteiger partial charge in [0.1, 0.15) is 18.1 Å². The lowest BCUT2D eigenvalue weighted by atomic mass is 10.2. The van der Waals surface area contributed by atoms with Crippen molar-refractivity contribution < 1.29 is 18.7 Å². The number of nitrogens with zero attached hydrogens (tertiary/aromatic N) is 3. The number of nitrogens with one attached hydrogen (secondary N) is 2. The maximum atomic E-state index is 13.6. The second kappa shape index (κ2) is 8.51. The standard InChI is InChI=1S/C20H20FN5O3/c1-12-4-5-15(10-17(12)21)22-18(27)11-26-13(2)19(24-25-26)20(28)23-14-6-8-16(29-3)9-7-14/h4-10H,11H2,1-3H3,(H,22,27)(H,23,28). The normalized spacial score (nSPS) is 10.5. The van der Waals surface area contributed by atoms with Crippen molar-refractivity contribution in [3.05, 3.63) is 65.2 Å². The fourth-order valence-electron chi connectivity index (χ4n) is 2.59. The van der Waals surface area contributed by atoms with Crippen LogP contribution in [0.2, 0.25) is 0 Å². The molecule has 0 fully saturated rings. The van der Waals surface area contributed by atoms with Crippen molar-refractivity contribution in [3.63, 3.8) is 0 Å². The number of rotatable bonds is 6. The molecule has 1 aromatic heterocycles. The maximum absolute atomic E-state index is 13.6. The van der Waals surface area contributed by atoms with Crippen LogP contribution < -0.4 is 15.4 Å². The average Bonchev–Trinajstić information content (AvgIpc) is 3.05. The van der Waals surface area contributed by atoms with Crippen LogP contribution >= 0.6 is 0 Å². The molecule has 1 heterocycles. The first-order valence-electron chi connectivity index (χ1n) is 8.79. The highest BCUT2D eigenvalue weighted by Gasteiger charge is 2.18. The van der Waals surface area contributed by atoms with Gasteiger partial charge in [0.2, 0.25) is 5.91 Å². The highest BCUT2D eigenvalue weighted by Crippen LogP contribution is 2.17. The fourth-order valence-corrected chi connectivity index (χ4v) is 2.59. The summed E-state index contributed by atoms with van der Waals surface area (Å²) in [7, 11) is 1.56. The van der Waals surface area contributed by atoms with E-state index < -0.39 is 17.6 Å². The summed E-state index contributed by atoms with van der Waals surface area (Å²) >= 11 is 0. The van der Waals surface area contributed by atoms with E-state index >= 15 is 0 Å². The highest BCUT2D eigenvalue weighted by atomic mass is 19.1. The topological polar surface area (TPSA) is 98.1 Å². The van der Waals surface area contributed by atoms with Gasteiger partial charge >= 0.3 is 0 Å². The minimum atomic E-state index is -0.445. The summed E-state index contributed by atoms with van der Waals surface area (Å²) in [5.74, 6) is -0.592. The minimum absolute atomic E-state index is 0.106. The van der Waals surface area contributed by atoms with Crippen LogP contribution in [-0.2, 0) is 11.3 Å². The number of methoxy groups -OCH3 is 1.